The third-order valence-corrected chi connectivity index (χ3v) is 4.42. The zero-order valence-corrected chi connectivity index (χ0v) is 12.6. The monoisotopic (exact) mass is 315 g/mol. The number of rotatable bonds is 5. The van der Waals surface area contributed by atoms with Crippen LogP contribution in [-0.2, 0) is 22.3 Å². The van der Waals surface area contributed by atoms with Crippen LogP contribution in [0.1, 0.15) is 11.3 Å². The summed E-state index contributed by atoms with van der Waals surface area (Å²) in [6, 6.07) is 17.5. The van der Waals surface area contributed by atoms with Gasteiger partial charge in [-0.05, 0) is 17.7 Å². The lowest BCUT2D eigenvalue weighted by Gasteiger charge is -2.00. The average molecular weight is 315 g/mol. The van der Waals surface area contributed by atoms with E-state index in [1.165, 1.54) is 12.1 Å². The standard InChI is InChI=1S/C17H14FNO2S/c18-15-8-4-5-13(9-15)11-22(20)12-16-10-17(21-19-16)14-6-2-1-3-7-14/h1-10H,11-12H2. The first-order valence-corrected chi connectivity index (χ1v) is 8.30. The Morgan fingerprint density at radius 1 is 1.00 bits per heavy atom. The Morgan fingerprint density at radius 3 is 2.59 bits per heavy atom. The van der Waals surface area contributed by atoms with Crippen molar-refractivity contribution in [1.29, 1.82) is 0 Å². The van der Waals surface area contributed by atoms with E-state index in [-0.39, 0.29) is 11.6 Å². The molecule has 1 aromatic heterocycles. The summed E-state index contributed by atoms with van der Waals surface area (Å²) in [6.45, 7) is 0. The third-order valence-electron chi connectivity index (χ3n) is 3.14. The maximum Gasteiger partial charge on any atom is 0.167 e. The minimum absolute atomic E-state index is 0.285. The van der Waals surface area contributed by atoms with Crippen molar-refractivity contribution < 1.29 is 13.1 Å². The van der Waals surface area contributed by atoms with Crippen molar-refractivity contribution in [3.8, 4) is 11.3 Å². The molecule has 0 radical (unpaired) electrons. The van der Waals surface area contributed by atoms with Crippen LogP contribution < -0.4 is 0 Å². The Morgan fingerprint density at radius 2 is 1.82 bits per heavy atom. The molecule has 0 aliphatic rings. The summed E-state index contributed by atoms with van der Waals surface area (Å²) in [6.07, 6.45) is 0. The van der Waals surface area contributed by atoms with Crippen LogP contribution in [-0.4, -0.2) is 9.37 Å². The van der Waals surface area contributed by atoms with Crippen LogP contribution in [0.4, 0.5) is 4.39 Å². The smallest absolute Gasteiger partial charge is 0.167 e. The van der Waals surface area contributed by atoms with E-state index in [9.17, 15) is 8.60 Å². The van der Waals surface area contributed by atoms with Gasteiger partial charge in [-0.25, -0.2) is 4.39 Å². The van der Waals surface area contributed by atoms with Gasteiger partial charge in [0, 0.05) is 28.2 Å². The van der Waals surface area contributed by atoms with Crippen LogP contribution >= 0.6 is 0 Å². The molecule has 0 aliphatic heterocycles. The van der Waals surface area contributed by atoms with Gasteiger partial charge in [-0.3, -0.25) is 4.21 Å². The van der Waals surface area contributed by atoms with Crippen LogP contribution in [0.3, 0.4) is 0 Å². The first-order chi connectivity index (χ1) is 10.7. The minimum atomic E-state index is -1.16. The fourth-order valence-electron chi connectivity index (χ4n) is 2.15. The molecular weight excluding hydrogens is 301 g/mol. The van der Waals surface area contributed by atoms with Crippen molar-refractivity contribution in [2.45, 2.75) is 11.5 Å². The van der Waals surface area contributed by atoms with Crippen LogP contribution in [0.2, 0.25) is 0 Å². The molecule has 3 aromatic rings. The van der Waals surface area contributed by atoms with Crippen molar-refractivity contribution >= 4 is 10.8 Å². The molecule has 0 aliphatic carbocycles. The second kappa shape index (κ2) is 6.66. The molecule has 0 saturated heterocycles. The number of aromatic nitrogens is 1. The first-order valence-electron chi connectivity index (χ1n) is 6.81. The lowest BCUT2D eigenvalue weighted by Crippen LogP contribution is -2.00. The van der Waals surface area contributed by atoms with Gasteiger partial charge in [0.1, 0.15) is 5.82 Å². The first kappa shape index (κ1) is 14.7. The van der Waals surface area contributed by atoms with E-state index < -0.39 is 10.8 Å². The highest BCUT2D eigenvalue weighted by atomic mass is 32.2. The Hall–Kier alpha value is -2.27. The van der Waals surface area contributed by atoms with Crippen LogP contribution in [0.15, 0.2) is 65.2 Å². The normalized spacial score (nSPS) is 12.2. The average Bonchev–Trinajstić information content (AvgIpc) is 2.96. The van der Waals surface area contributed by atoms with E-state index in [1.54, 1.807) is 18.2 Å². The number of hydrogen-bond donors (Lipinski definition) is 0. The molecule has 0 fully saturated rings. The molecule has 0 bridgehead atoms. The predicted molar refractivity (Wildman–Crippen MR) is 83.9 cm³/mol. The fraction of sp³-hybridized carbons (Fsp3) is 0.118. The summed E-state index contributed by atoms with van der Waals surface area (Å²) in [7, 11) is -1.16. The molecule has 0 N–H and O–H groups in total. The van der Waals surface area contributed by atoms with Crippen molar-refractivity contribution in [2.75, 3.05) is 0 Å². The molecule has 1 heterocycles. The lowest BCUT2D eigenvalue weighted by molar-refractivity contribution is 0.426. The number of halogens is 1. The van der Waals surface area contributed by atoms with E-state index in [0.717, 1.165) is 5.56 Å². The zero-order chi connectivity index (χ0) is 15.4. The summed E-state index contributed by atoms with van der Waals surface area (Å²) in [5, 5.41) is 3.95. The van der Waals surface area contributed by atoms with Crippen molar-refractivity contribution in [3.05, 3.63) is 77.7 Å². The molecule has 0 spiro atoms. The van der Waals surface area contributed by atoms with Crippen molar-refractivity contribution in [2.24, 2.45) is 0 Å². The summed E-state index contributed by atoms with van der Waals surface area (Å²) in [4.78, 5) is 0. The summed E-state index contributed by atoms with van der Waals surface area (Å²) in [5.74, 6) is 0.915. The fourth-order valence-corrected chi connectivity index (χ4v) is 3.27. The highest BCUT2D eigenvalue weighted by molar-refractivity contribution is 7.83. The molecule has 1 unspecified atom stereocenters. The summed E-state index contributed by atoms with van der Waals surface area (Å²) >= 11 is 0. The summed E-state index contributed by atoms with van der Waals surface area (Å²) in [5.41, 5.74) is 2.27. The van der Waals surface area contributed by atoms with Crippen LogP contribution in [0, 0.1) is 5.82 Å². The number of hydrogen-bond acceptors (Lipinski definition) is 3. The van der Waals surface area contributed by atoms with Gasteiger partial charge in [0.05, 0.1) is 11.4 Å². The molecule has 22 heavy (non-hydrogen) atoms. The minimum Gasteiger partial charge on any atom is -0.356 e. The van der Waals surface area contributed by atoms with E-state index in [1.807, 2.05) is 30.3 Å². The maximum atomic E-state index is 13.1. The van der Waals surface area contributed by atoms with Gasteiger partial charge in [0.25, 0.3) is 0 Å². The Kier molecular flexibility index (Phi) is 4.44. The molecular formula is C17H14FNO2S. The van der Waals surface area contributed by atoms with E-state index in [2.05, 4.69) is 5.16 Å². The molecule has 0 amide bonds. The van der Waals surface area contributed by atoms with Gasteiger partial charge in [-0.15, -0.1) is 0 Å². The van der Waals surface area contributed by atoms with E-state index in [0.29, 0.717) is 22.8 Å². The van der Waals surface area contributed by atoms with Crippen LogP contribution in [0.5, 0.6) is 0 Å². The second-order valence-electron chi connectivity index (χ2n) is 4.91. The molecule has 0 saturated carbocycles. The van der Waals surface area contributed by atoms with Gasteiger partial charge in [0.15, 0.2) is 5.76 Å². The molecule has 3 nitrogen and oxygen atoms in total. The third kappa shape index (κ3) is 3.68. The molecule has 112 valence electrons. The van der Waals surface area contributed by atoms with Gasteiger partial charge in [-0.2, -0.15) is 0 Å². The van der Waals surface area contributed by atoms with Gasteiger partial charge >= 0.3 is 0 Å². The number of nitrogens with zero attached hydrogens (tertiary/aromatic N) is 1. The SMILES string of the molecule is O=S(Cc1cccc(F)c1)Cc1cc(-c2ccccc2)on1. The molecule has 3 rings (SSSR count). The quantitative estimate of drug-likeness (QED) is 0.716. The van der Waals surface area contributed by atoms with Gasteiger partial charge in [-0.1, -0.05) is 47.6 Å². The maximum absolute atomic E-state index is 13.1. The highest BCUT2D eigenvalue weighted by Crippen LogP contribution is 2.20. The van der Waals surface area contributed by atoms with Crippen LogP contribution in [0.25, 0.3) is 11.3 Å². The second-order valence-corrected chi connectivity index (χ2v) is 6.36. The Balaban J connectivity index is 1.66. The largest absolute Gasteiger partial charge is 0.356 e. The van der Waals surface area contributed by atoms with Gasteiger partial charge < -0.3 is 4.52 Å². The zero-order valence-electron chi connectivity index (χ0n) is 11.7. The lowest BCUT2D eigenvalue weighted by atomic mass is 10.2. The van der Waals surface area contributed by atoms with Gasteiger partial charge in [0.2, 0.25) is 0 Å². The predicted octanol–water partition coefficient (Wildman–Crippen LogP) is 3.93. The van der Waals surface area contributed by atoms with Crippen molar-refractivity contribution in [3.63, 3.8) is 0 Å². The Bertz CT molecular complexity index is 786. The molecule has 2 aromatic carbocycles. The number of benzene rings is 2. The topological polar surface area (TPSA) is 43.1 Å². The molecule has 1 atom stereocenters. The van der Waals surface area contributed by atoms with E-state index in [4.69, 9.17) is 4.52 Å². The van der Waals surface area contributed by atoms with E-state index >= 15 is 0 Å². The highest BCUT2D eigenvalue weighted by Gasteiger charge is 2.10. The summed E-state index contributed by atoms with van der Waals surface area (Å²) < 4.78 is 30.5. The molecule has 5 heteroatoms. The Labute approximate surface area is 130 Å². The van der Waals surface area contributed by atoms with Crippen molar-refractivity contribution in [1.82, 2.24) is 5.16 Å².